The van der Waals surface area contributed by atoms with Gasteiger partial charge < -0.3 is 9.47 Å². The second-order valence-electron chi connectivity index (χ2n) is 4.66. The summed E-state index contributed by atoms with van der Waals surface area (Å²) >= 11 is 0. The molecule has 1 aliphatic rings. The van der Waals surface area contributed by atoms with Crippen molar-refractivity contribution in [1.82, 2.24) is 24.6 Å². The van der Waals surface area contributed by atoms with Crippen LogP contribution < -0.4 is 0 Å². The average molecular weight is 257 g/mol. The van der Waals surface area contributed by atoms with Crippen molar-refractivity contribution in [2.45, 2.75) is 25.9 Å². The van der Waals surface area contributed by atoms with Crippen molar-refractivity contribution in [3.05, 3.63) is 41.7 Å². The largest absolute Gasteiger partial charge is 0.333 e. The van der Waals surface area contributed by atoms with E-state index in [0.717, 1.165) is 31.0 Å². The lowest BCUT2D eigenvalue weighted by atomic mass is 10.3. The zero-order valence-corrected chi connectivity index (χ0v) is 10.8. The van der Waals surface area contributed by atoms with Crippen LogP contribution in [0.3, 0.4) is 0 Å². The molecule has 2 aromatic heterocycles. The number of aromatic nitrogens is 4. The molecular formula is C13H15N5O. The molecule has 1 amide bonds. The molecule has 1 aliphatic heterocycles. The summed E-state index contributed by atoms with van der Waals surface area (Å²) in [6.07, 6.45) is 3.70. The first kappa shape index (κ1) is 11.8. The molecule has 0 saturated carbocycles. The third kappa shape index (κ3) is 2.21. The van der Waals surface area contributed by atoms with Crippen molar-refractivity contribution in [3.8, 4) is 0 Å². The molecule has 0 N–H and O–H groups in total. The Balaban J connectivity index is 1.74. The number of carbonyl (C=O) groups is 1. The topological polar surface area (TPSA) is 63.9 Å². The van der Waals surface area contributed by atoms with Gasteiger partial charge in [0.15, 0.2) is 5.82 Å². The maximum atomic E-state index is 12.2. The minimum Gasteiger partial charge on any atom is -0.333 e. The first-order valence-corrected chi connectivity index (χ1v) is 6.33. The molecule has 6 heteroatoms. The van der Waals surface area contributed by atoms with Crippen LogP contribution in [0.25, 0.3) is 0 Å². The molecule has 0 unspecified atom stereocenters. The summed E-state index contributed by atoms with van der Waals surface area (Å²) in [5.41, 5.74) is 0.450. The quantitative estimate of drug-likeness (QED) is 0.819. The van der Waals surface area contributed by atoms with E-state index < -0.39 is 0 Å². The summed E-state index contributed by atoms with van der Waals surface area (Å²) in [5.74, 6) is 1.77. The van der Waals surface area contributed by atoms with Crippen LogP contribution >= 0.6 is 0 Å². The van der Waals surface area contributed by atoms with Gasteiger partial charge in [0, 0.05) is 26.2 Å². The summed E-state index contributed by atoms with van der Waals surface area (Å²) in [6, 6.07) is 5.32. The van der Waals surface area contributed by atoms with Crippen molar-refractivity contribution in [2.24, 2.45) is 0 Å². The molecule has 0 aliphatic carbocycles. The van der Waals surface area contributed by atoms with Crippen LogP contribution in [0, 0.1) is 0 Å². The highest BCUT2D eigenvalue weighted by Crippen LogP contribution is 2.15. The molecule has 0 saturated heterocycles. The Labute approximate surface area is 111 Å². The molecule has 3 rings (SSSR count). The maximum absolute atomic E-state index is 12.2. The van der Waals surface area contributed by atoms with Crippen molar-refractivity contribution in [1.29, 1.82) is 0 Å². The Hall–Kier alpha value is -2.24. The van der Waals surface area contributed by atoms with E-state index in [1.54, 1.807) is 30.3 Å². The lowest BCUT2D eigenvalue weighted by Gasteiger charge is -2.16. The normalized spacial score (nSPS) is 13.3. The van der Waals surface area contributed by atoms with E-state index in [1.165, 1.54) is 0 Å². The molecule has 6 nitrogen and oxygen atoms in total. The predicted octanol–water partition coefficient (Wildman–Crippen LogP) is 0.891. The van der Waals surface area contributed by atoms with E-state index in [2.05, 4.69) is 19.7 Å². The van der Waals surface area contributed by atoms with Crippen molar-refractivity contribution in [2.75, 3.05) is 7.05 Å². The highest BCUT2D eigenvalue weighted by atomic mass is 16.2. The number of pyridine rings is 1. The molecule has 0 fully saturated rings. The number of fused-ring (bicyclic) bond motifs is 1. The minimum atomic E-state index is -0.101. The monoisotopic (exact) mass is 257 g/mol. The number of carbonyl (C=O) groups excluding carboxylic acids is 1. The van der Waals surface area contributed by atoms with Crippen LogP contribution in [0.4, 0.5) is 0 Å². The van der Waals surface area contributed by atoms with Gasteiger partial charge in [0.1, 0.15) is 11.5 Å². The van der Waals surface area contributed by atoms with Gasteiger partial charge in [-0.25, -0.2) is 0 Å². The van der Waals surface area contributed by atoms with E-state index in [9.17, 15) is 4.79 Å². The van der Waals surface area contributed by atoms with Gasteiger partial charge >= 0.3 is 0 Å². The van der Waals surface area contributed by atoms with Crippen LogP contribution in [0.2, 0.25) is 0 Å². The second-order valence-corrected chi connectivity index (χ2v) is 4.66. The molecule has 2 aromatic rings. The fourth-order valence-corrected chi connectivity index (χ4v) is 2.30. The van der Waals surface area contributed by atoms with Crippen molar-refractivity contribution in [3.63, 3.8) is 0 Å². The molecule has 3 heterocycles. The molecule has 0 aromatic carbocycles. The number of hydrogen-bond acceptors (Lipinski definition) is 4. The summed E-state index contributed by atoms with van der Waals surface area (Å²) in [5, 5.41) is 8.29. The second kappa shape index (κ2) is 4.79. The van der Waals surface area contributed by atoms with Gasteiger partial charge in [-0.1, -0.05) is 6.07 Å². The van der Waals surface area contributed by atoms with Crippen LogP contribution in [0.15, 0.2) is 24.4 Å². The Kier molecular flexibility index (Phi) is 2.98. The van der Waals surface area contributed by atoms with Gasteiger partial charge in [-0.3, -0.25) is 9.78 Å². The van der Waals surface area contributed by atoms with E-state index in [4.69, 9.17) is 0 Å². The van der Waals surface area contributed by atoms with Crippen molar-refractivity contribution < 1.29 is 4.79 Å². The molecule has 0 bridgehead atoms. The maximum Gasteiger partial charge on any atom is 0.272 e. The predicted molar refractivity (Wildman–Crippen MR) is 68.4 cm³/mol. The molecule has 0 atom stereocenters. The van der Waals surface area contributed by atoms with Gasteiger partial charge in [-0.2, -0.15) is 0 Å². The van der Waals surface area contributed by atoms with Gasteiger partial charge in [0.25, 0.3) is 5.91 Å². The van der Waals surface area contributed by atoms with Gasteiger partial charge in [-0.05, 0) is 18.6 Å². The average Bonchev–Trinajstić information content (AvgIpc) is 3.04. The Morgan fingerprint density at radius 3 is 3.11 bits per heavy atom. The zero-order valence-electron chi connectivity index (χ0n) is 10.8. The summed E-state index contributed by atoms with van der Waals surface area (Å²) < 4.78 is 2.10. The third-order valence-corrected chi connectivity index (χ3v) is 3.30. The number of aryl methyl sites for hydroxylation is 1. The summed E-state index contributed by atoms with van der Waals surface area (Å²) in [4.78, 5) is 17.9. The highest BCUT2D eigenvalue weighted by Gasteiger charge is 2.20. The summed E-state index contributed by atoms with van der Waals surface area (Å²) in [7, 11) is 1.76. The van der Waals surface area contributed by atoms with Crippen LogP contribution in [-0.4, -0.2) is 37.6 Å². The molecule has 98 valence electrons. The van der Waals surface area contributed by atoms with E-state index >= 15 is 0 Å². The van der Waals surface area contributed by atoms with Crippen LogP contribution in [0.5, 0.6) is 0 Å². The van der Waals surface area contributed by atoms with Crippen LogP contribution in [0.1, 0.15) is 28.6 Å². The van der Waals surface area contributed by atoms with Crippen molar-refractivity contribution >= 4 is 5.91 Å². The summed E-state index contributed by atoms with van der Waals surface area (Å²) in [6.45, 7) is 1.41. The molecule has 0 spiro atoms. The third-order valence-electron chi connectivity index (χ3n) is 3.30. The lowest BCUT2D eigenvalue weighted by molar-refractivity contribution is 0.0774. The fourth-order valence-electron chi connectivity index (χ4n) is 2.30. The highest BCUT2D eigenvalue weighted by molar-refractivity contribution is 5.91. The standard InChI is InChI=1S/C13H15N5O/c1-17(13(19)10-5-2-3-7-14-10)9-12-16-15-11-6-4-8-18(11)12/h2-3,5,7H,4,6,8-9H2,1H3. The number of nitrogens with zero attached hydrogens (tertiary/aromatic N) is 5. The minimum absolute atomic E-state index is 0.101. The molecule has 19 heavy (non-hydrogen) atoms. The number of hydrogen-bond donors (Lipinski definition) is 0. The fraction of sp³-hybridized carbons (Fsp3) is 0.385. The first-order chi connectivity index (χ1) is 9.25. The smallest absolute Gasteiger partial charge is 0.272 e. The van der Waals surface area contributed by atoms with E-state index in [-0.39, 0.29) is 5.91 Å². The zero-order chi connectivity index (χ0) is 13.2. The number of rotatable bonds is 3. The van der Waals surface area contributed by atoms with E-state index in [1.807, 2.05) is 6.07 Å². The van der Waals surface area contributed by atoms with Gasteiger partial charge in [0.2, 0.25) is 0 Å². The Morgan fingerprint density at radius 2 is 2.32 bits per heavy atom. The van der Waals surface area contributed by atoms with Crippen LogP contribution in [-0.2, 0) is 19.5 Å². The van der Waals surface area contributed by atoms with Gasteiger partial charge in [-0.15, -0.1) is 10.2 Å². The Bertz CT molecular complexity index is 592. The molecule has 0 radical (unpaired) electrons. The SMILES string of the molecule is CN(Cc1nnc2n1CCC2)C(=O)c1ccccn1. The Morgan fingerprint density at radius 1 is 1.42 bits per heavy atom. The first-order valence-electron chi connectivity index (χ1n) is 6.33. The van der Waals surface area contributed by atoms with Gasteiger partial charge in [0.05, 0.1) is 6.54 Å². The van der Waals surface area contributed by atoms with E-state index in [0.29, 0.717) is 12.2 Å². The molecular weight excluding hydrogens is 242 g/mol. The number of amides is 1. The lowest BCUT2D eigenvalue weighted by Crippen LogP contribution is -2.28.